The maximum absolute atomic E-state index is 14.1. The summed E-state index contributed by atoms with van der Waals surface area (Å²) >= 11 is 0. The summed E-state index contributed by atoms with van der Waals surface area (Å²) in [6.07, 6.45) is 2.22. The largest absolute Gasteiger partial charge is 0.467 e. The summed E-state index contributed by atoms with van der Waals surface area (Å²) in [5, 5.41) is 0. The first kappa shape index (κ1) is 21.3. The molecule has 0 spiro atoms. The van der Waals surface area contributed by atoms with Crippen LogP contribution in [-0.4, -0.2) is 34.7 Å². The predicted octanol–water partition coefficient (Wildman–Crippen LogP) is 4.50. The van der Waals surface area contributed by atoms with Gasteiger partial charge in [-0.25, -0.2) is 4.39 Å². The molecular formula is C24H25FN2O3. The molecule has 2 aromatic carbocycles. The first-order valence-electron chi connectivity index (χ1n) is 9.96. The van der Waals surface area contributed by atoms with Crippen molar-refractivity contribution in [3.05, 3.63) is 95.7 Å². The van der Waals surface area contributed by atoms with Crippen molar-refractivity contribution in [2.45, 2.75) is 26.4 Å². The van der Waals surface area contributed by atoms with E-state index in [-0.39, 0.29) is 24.6 Å². The van der Waals surface area contributed by atoms with Gasteiger partial charge in [-0.15, -0.1) is 0 Å². The lowest BCUT2D eigenvalue weighted by atomic mass is 10.1. The molecule has 156 valence electrons. The number of amides is 2. The fourth-order valence-electron chi connectivity index (χ4n) is 3.22. The molecule has 0 unspecified atom stereocenters. The lowest BCUT2D eigenvalue weighted by Gasteiger charge is -2.27. The fourth-order valence-corrected chi connectivity index (χ4v) is 3.22. The summed E-state index contributed by atoms with van der Waals surface area (Å²) in [6.45, 7) is 2.81. The van der Waals surface area contributed by atoms with Gasteiger partial charge in [0.1, 0.15) is 18.1 Å². The molecule has 3 rings (SSSR count). The molecule has 6 heteroatoms. The first-order valence-corrected chi connectivity index (χ1v) is 9.96. The van der Waals surface area contributed by atoms with Crippen molar-refractivity contribution in [1.29, 1.82) is 0 Å². The molecule has 0 radical (unpaired) electrons. The fraction of sp³-hybridized carbons (Fsp3) is 0.250. The van der Waals surface area contributed by atoms with Crippen LogP contribution in [0.4, 0.5) is 4.39 Å². The van der Waals surface area contributed by atoms with E-state index in [1.165, 1.54) is 23.1 Å². The van der Waals surface area contributed by atoms with Crippen molar-refractivity contribution in [1.82, 2.24) is 9.80 Å². The molecule has 0 saturated carbocycles. The molecular weight excluding hydrogens is 383 g/mol. The second-order valence-electron chi connectivity index (χ2n) is 7.02. The van der Waals surface area contributed by atoms with Gasteiger partial charge < -0.3 is 14.2 Å². The van der Waals surface area contributed by atoms with Crippen LogP contribution in [0.2, 0.25) is 0 Å². The van der Waals surface area contributed by atoms with Crippen molar-refractivity contribution in [2.24, 2.45) is 0 Å². The molecule has 5 nitrogen and oxygen atoms in total. The summed E-state index contributed by atoms with van der Waals surface area (Å²) in [6, 6.07) is 19.0. The van der Waals surface area contributed by atoms with Crippen LogP contribution in [0.3, 0.4) is 0 Å². The minimum Gasteiger partial charge on any atom is -0.467 e. The van der Waals surface area contributed by atoms with Crippen LogP contribution in [-0.2, 0) is 17.9 Å². The Hall–Kier alpha value is -3.41. The smallest absolute Gasteiger partial charge is 0.257 e. The Labute approximate surface area is 175 Å². The van der Waals surface area contributed by atoms with E-state index in [1.54, 1.807) is 29.4 Å². The highest BCUT2D eigenvalue weighted by molar-refractivity contribution is 5.96. The van der Waals surface area contributed by atoms with E-state index >= 15 is 0 Å². The van der Waals surface area contributed by atoms with Gasteiger partial charge in [-0.05, 0) is 36.2 Å². The topological polar surface area (TPSA) is 53.8 Å². The highest BCUT2D eigenvalue weighted by Crippen LogP contribution is 2.14. The molecule has 0 aliphatic carbocycles. The number of halogens is 1. The zero-order valence-electron chi connectivity index (χ0n) is 17.0. The van der Waals surface area contributed by atoms with Gasteiger partial charge in [-0.2, -0.15) is 0 Å². The Kier molecular flexibility index (Phi) is 7.38. The van der Waals surface area contributed by atoms with Crippen molar-refractivity contribution >= 4 is 11.8 Å². The number of hydrogen-bond donors (Lipinski definition) is 0. The normalized spacial score (nSPS) is 10.6. The van der Waals surface area contributed by atoms with E-state index in [9.17, 15) is 14.0 Å². The van der Waals surface area contributed by atoms with Crippen LogP contribution >= 0.6 is 0 Å². The van der Waals surface area contributed by atoms with Crippen LogP contribution in [0, 0.1) is 5.82 Å². The third-order valence-corrected chi connectivity index (χ3v) is 4.71. The van der Waals surface area contributed by atoms with Crippen LogP contribution in [0.1, 0.15) is 35.0 Å². The minimum atomic E-state index is -0.590. The van der Waals surface area contributed by atoms with Crippen molar-refractivity contribution in [3.63, 3.8) is 0 Å². The van der Waals surface area contributed by atoms with Gasteiger partial charge in [-0.1, -0.05) is 49.4 Å². The summed E-state index contributed by atoms with van der Waals surface area (Å²) in [7, 11) is 0. The number of furan rings is 1. The highest BCUT2D eigenvalue weighted by atomic mass is 19.1. The number of carbonyl (C=O) groups is 2. The van der Waals surface area contributed by atoms with E-state index in [4.69, 9.17) is 4.42 Å². The molecule has 2 amide bonds. The molecule has 1 aromatic heterocycles. The average molecular weight is 408 g/mol. The second-order valence-corrected chi connectivity index (χ2v) is 7.02. The van der Waals surface area contributed by atoms with E-state index in [2.05, 4.69) is 0 Å². The lowest BCUT2D eigenvalue weighted by molar-refractivity contribution is -0.133. The standard InChI is InChI=1S/C24H25FN2O3/c1-2-14-26(24(29)21-12-6-7-13-22(21)25)18-23(28)27(17-20-11-8-15-30-20)16-19-9-4-3-5-10-19/h3-13,15H,2,14,16-18H2,1H3. The Morgan fingerprint density at radius 3 is 2.30 bits per heavy atom. The van der Waals surface area contributed by atoms with Gasteiger partial charge in [0.25, 0.3) is 5.91 Å². The molecule has 0 aliphatic rings. The summed E-state index contributed by atoms with van der Waals surface area (Å²) in [5.41, 5.74) is 0.944. The molecule has 3 aromatic rings. The highest BCUT2D eigenvalue weighted by Gasteiger charge is 2.24. The minimum absolute atomic E-state index is 0.0283. The van der Waals surface area contributed by atoms with Crippen LogP contribution in [0.25, 0.3) is 0 Å². The molecule has 0 atom stereocenters. The zero-order chi connectivity index (χ0) is 21.3. The Bertz CT molecular complexity index is 958. The molecule has 0 N–H and O–H groups in total. The molecule has 0 aliphatic heterocycles. The number of hydrogen-bond acceptors (Lipinski definition) is 3. The first-order chi connectivity index (χ1) is 14.6. The van der Waals surface area contributed by atoms with Gasteiger partial charge in [0.2, 0.25) is 5.91 Å². The van der Waals surface area contributed by atoms with Crippen molar-refractivity contribution < 1.29 is 18.4 Å². The van der Waals surface area contributed by atoms with E-state index in [1.807, 2.05) is 37.3 Å². The van der Waals surface area contributed by atoms with Crippen molar-refractivity contribution in [2.75, 3.05) is 13.1 Å². The van der Waals surface area contributed by atoms with Crippen LogP contribution < -0.4 is 0 Å². The molecule has 1 heterocycles. The van der Waals surface area contributed by atoms with E-state index < -0.39 is 11.7 Å². The number of nitrogens with zero attached hydrogens (tertiary/aromatic N) is 2. The summed E-state index contributed by atoms with van der Waals surface area (Å²) in [5.74, 6) is -0.649. The quantitative estimate of drug-likeness (QED) is 0.524. The van der Waals surface area contributed by atoms with E-state index in [0.29, 0.717) is 25.3 Å². The maximum atomic E-state index is 14.1. The third-order valence-electron chi connectivity index (χ3n) is 4.71. The molecule has 0 saturated heterocycles. The van der Waals surface area contributed by atoms with Gasteiger partial charge >= 0.3 is 0 Å². The van der Waals surface area contributed by atoms with E-state index in [0.717, 1.165) is 5.56 Å². The lowest BCUT2D eigenvalue weighted by Crippen LogP contribution is -2.43. The average Bonchev–Trinajstić information content (AvgIpc) is 3.27. The molecule has 0 bridgehead atoms. The summed E-state index contributed by atoms with van der Waals surface area (Å²) in [4.78, 5) is 29.1. The number of rotatable bonds is 9. The molecule has 0 fully saturated rings. The zero-order valence-corrected chi connectivity index (χ0v) is 17.0. The van der Waals surface area contributed by atoms with Gasteiger partial charge in [-0.3, -0.25) is 9.59 Å². The number of benzene rings is 2. The predicted molar refractivity (Wildman–Crippen MR) is 112 cm³/mol. The summed E-state index contributed by atoms with van der Waals surface area (Å²) < 4.78 is 19.5. The van der Waals surface area contributed by atoms with Gasteiger partial charge in [0.05, 0.1) is 18.4 Å². The third kappa shape index (κ3) is 5.56. The Morgan fingerprint density at radius 2 is 1.63 bits per heavy atom. The SMILES string of the molecule is CCCN(CC(=O)N(Cc1ccccc1)Cc1ccco1)C(=O)c1ccccc1F. The van der Waals surface area contributed by atoms with Crippen LogP contribution in [0.5, 0.6) is 0 Å². The van der Waals surface area contributed by atoms with Crippen molar-refractivity contribution in [3.8, 4) is 0 Å². The Balaban J connectivity index is 1.79. The van der Waals surface area contributed by atoms with Gasteiger partial charge in [0.15, 0.2) is 0 Å². The molecule has 30 heavy (non-hydrogen) atoms. The monoisotopic (exact) mass is 408 g/mol. The maximum Gasteiger partial charge on any atom is 0.257 e. The van der Waals surface area contributed by atoms with Gasteiger partial charge in [0, 0.05) is 13.1 Å². The van der Waals surface area contributed by atoms with Crippen LogP contribution in [0.15, 0.2) is 77.4 Å². The Morgan fingerprint density at radius 1 is 0.900 bits per heavy atom. The second kappa shape index (κ2) is 10.4. The number of carbonyl (C=O) groups excluding carboxylic acids is 2.